The molecule has 0 unspecified atom stereocenters. The van der Waals surface area contributed by atoms with E-state index in [2.05, 4.69) is 5.32 Å². The van der Waals surface area contributed by atoms with Gasteiger partial charge in [0.2, 0.25) is 5.91 Å². The van der Waals surface area contributed by atoms with Crippen LogP contribution in [0.4, 0.5) is 14.5 Å². The maximum Gasteiger partial charge on any atom is 0.235 e. The van der Waals surface area contributed by atoms with Gasteiger partial charge in [0.1, 0.15) is 17.3 Å². The summed E-state index contributed by atoms with van der Waals surface area (Å²) in [7, 11) is 0. The average Bonchev–Trinajstić information content (AvgIpc) is 2.43. The van der Waals surface area contributed by atoms with Crippen LogP contribution in [-0.4, -0.2) is 5.91 Å². The van der Waals surface area contributed by atoms with E-state index >= 15 is 0 Å². The van der Waals surface area contributed by atoms with Crippen molar-refractivity contribution in [3.63, 3.8) is 0 Å². The molecule has 1 aliphatic rings. The Balaban J connectivity index is 1.91. The van der Waals surface area contributed by atoms with Gasteiger partial charge in [-0.3, -0.25) is 4.79 Å². The first kappa shape index (κ1) is 13.7. The van der Waals surface area contributed by atoms with Gasteiger partial charge in [-0.15, -0.1) is 0 Å². The SMILES string of the molecule is O=C(Nc1c(F)cccc1F)C1(c2ccccc2)CCC1. The van der Waals surface area contributed by atoms with Crippen LogP contribution >= 0.6 is 0 Å². The van der Waals surface area contributed by atoms with Crippen LogP contribution in [-0.2, 0) is 10.2 Å². The molecule has 1 N–H and O–H groups in total. The molecule has 2 aromatic rings. The molecule has 1 aliphatic carbocycles. The molecular weight excluding hydrogens is 272 g/mol. The van der Waals surface area contributed by atoms with E-state index in [1.165, 1.54) is 6.07 Å². The number of amides is 1. The summed E-state index contributed by atoms with van der Waals surface area (Å²) < 4.78 is 27.3. The van der Waals surface area contributed by atoms with Crippen LogP contribution in [0.3, 0.4) is 0 Å². The molecule has 108 valence electrons. The van der Waals surface area contributed by atoms with Gasteiger partial charge in [-0.2, -0.15) is 0 Å². The van der Waals surface area contributed by atoms with Crippen LogP contribution in [0.1, 0.15) is 24.8 Å². The molecule has 2 aromatic carbocycles. The van der Waals surface area contributed by atoms with E-state index in [0.29, 0.717) is 12.8 Å². The van der Waals surface area contributed by atoms with E-state index in [0.717, 1.165) is 24.1 Å². The quantitative estimate of drug-likeness (QED) is 0.907. The highest BCUT2D eigenvalue weighted by Crippen LogP contribution is 2.44. The summed E-state index contributed by atoms with van der Waals surface area (Å²) in [5.74, 6) is -1.86. The molecule has 0 aliphatic heterocycles. The molecule has 0 bridgehead atoms. The smallest absolute Gasteiger partial charge is 0.235 e. The molecule has 0 saturated heterocycles. The second-order valence-electron chi connectivity index (χ2n) is 5.35. The van der Waals surface area contributed by atoms with Gasteiger partial charge in [0.15, 0.2) is 0 Å². The number of para-hydroxylation sites is 1. The van der Waals surface area contributed by atoms with E-state index in [-0.39, 0.29) is 11.6 Å². The summed E-state index contributed by atoms with van der Waals surface area (Å²) in [5, 5.41) is 2.43. The molecule has 0 atom stereocenters. The summed E-state index contributed by atoms with van der Waals surface area (Å²) >= 11 is 0. The Kier molecular flexibility index (Phi) is 3.45. The average molecular weight is 287 g/mol. The number of halogens is 2. The summed E-state index contributed by atoms with van der Waals surface area (Å²) in [6.45, 7) is 0. The fraction of sp³-hybridized carbons (Fsp3) is 0.235. The molecule has 2 nitrogen and oxygen atoms in total. The number of benzene rings is 2. The van der Waals surface area contributed by atoms with Crippen LogP contribution < -0.4 is 5.32 Å². The Bertz CT molecular complexity index is 645. The summed E-state index contributed by atoms with van der Waals surface area (Å²) in [4.78, 5) is 12.6. The Labute approximate surface area is 121 Å². The Morgan fingerprint density at radius 3 is 2.10 bits per heavy atom. The first-order valence-electron chi connectivity index (χ1n) is 6.94. The second kappa shape index (κ2) is 5.28. The third kappa shape index (κ3) is 2.31. The highest BCUT2D eigenvalue weighted by Gasteiger charge is 2.45. The van der Waals surface area contributed by atoms with Crippen molar-refractivity contribution < 1.29 is 13.6 Å². The Hall–Kier alpha value is -2.23. The van der Waals surface area contributed by atoms with Gasteiger partial charge in [0.25, 0.3) is 0 Å². The molecule has 1 saturated carbocycles. The topological polar surface area (TPSA) is 29.1 Å². The van der Waals surface area contributed by atoms with E-state index in [9.17, 15) is 13.6 Å². The van der Waals surface area contributed by atoms with Gasteiger partial charge in [0, 0.05) is 0 Å². The standard InChI is InChI=1S/C17H15F2NO/c18-13-8-4-9-14(19)15(13)20-16(21)17(10-5-11-17)12-6-2-1-3-7-12/h1-4,6-9H,5,10-11H2,(H,20,21). The zero-order chi connectivity index (χ0) is 14.9. The van der Waals surface area contributed by atoms with Gasteiger partial charge < -0.3 is 5.32 Å². The summed E-state index contributed by atoms with van der Waals surface area (Å²) in [6, 6.07) is 12.9. The molecule has 0 radical (unpaired) electrons. The van der Waals surface area contributed by atoms with Gasteiger partial charge in [-0.25, -0.2) is 8.78 Å². The first-order valence-corrected chi connectivity index (χ1v) is 6.94. The fourth-order valence-corrected chi connectivity index (χ4v) is 2.78. The third-order valence-corrected chi connectivity index (χ3v) is 4.17. The minimum absolute atomic E-state index is 0.344. The van der Waals surface area contributed by atoms with Crippen LogP contribution in [0, 0.1) is 11.6 Å². The van der Waals surface area contributed by atoms with E-state index < -0.39 is 17.0 Å². The van der Waals surface area contributed by atoms with Crippen molar-refractivity contribution in [1.82, 2.24) is 0 Å². The van der Waals surface area contributed by atoms with Crippen molar-refractivity contribution in [1.29, 1.82) is 0 Å². The predicted octanol–water partition coefficient (Wildman–Crippen LogP) is 4.03. The highest BCUT2D eigenvalue weighted by molar-refractivity contribution is 6.00. The van der Waals surface area contributed by atoms with Crippen molar-refractivity contribution in [3.05, 3.63) is 65.7 Å². The zero-order valence-electron chi connectivity index (χ0n) is 11.4. The first-order chi connectivity index (χ1) is 10.1. The fourth-order valence-electron chi connectivity index (χ4n) is 2.78. The molecule has 4 heteroatoms. The lowest BCUT2D eigenvalue weighted by atomic mass is 9.64. The van der Waals surface area contributed by atoms with E-state index in [1.807, 2.05) is 30.3 Å². The molecule has 0 aromatic heterocycles. The minimum Gasteiger partial charge on any atom is -0.320 e. The molecule has 1 amide bonds. The van der Waals surface area contributed by atoms with Crippen molar-refractivity contribution >= 4 is 11.6 Å². The Morgan fingerprint density at radius 2 is 1.57 bits per heavy atom. The molecular formula is C17H15F2NO. The highest BCUT2D eigenvalue weighted by atomic mass is 19.1. The van der Waals surface area contributed by atoms with Crippen molar-refractivity contribution in [2.24, 2.45) is 0 Å². The summed E-state index contributed by atoms with van der Waals surface area (Å²) in [6.07, 6.45) is 2.32. The zero-order valence-corrected chi connectivity index (χ0v) is 11.4. The normalized spacial score (nSPS) is 16.1. The van der Waals surface area contributed by atoms with Crippen molar-refractivity contribution in [2.45, 2.75) is 24.7 Å². The lowest BCUT2D eigenvalue weighted by Gasteiger charge is -2.40. The van der Waals surface area contributed by atoms with Gasteiger partial charge >= 0.3 is 0 Å². The van der Waals surface area contributed by atoms with E-state index in [4.69, 9.17) is 0 Å². The number of carbonyl (C=O) groups excluding carboxylic acids is 1. The van der Waals surface area contributed by atoms with E-state index in [1.54, 1.807) is 0 Å². The maximum absolute atomic E-state index is 13.7. The minimum atomic E-state index is -0.758. The van der Waals surface area contributed by atoms with Gasteiger partial charge in [-0.1, -0.05) is 42.8 Å². The monoisotopic (exact) mass is 287 g/mol. The van der Waals surface area contributed by atoms with Crippen LogP contribution in [0.15, 0.2) is 48.5 Å². The van der Waals surface area contributed by atoms with Crippen molar-refractivity contribution in [2.75, 3.05) is 5.32 Å². The maximum atomic E-state index is 13.7. The molecule has 1 fully saturated rings. The largest absolute Gasteiger partial charge is 0.320 e. The number of hydrogen-bond acceptors (Lipinski definition) is 1. The molecule has 3 rings (SSSR count). The van der Waals surface area contributed by atoms with Gasteiger partial charge in [0.05, 0.1) is 5.41 Å². The lowest BCUT2D eigenvalue weighted by Crippen LogP contribution is -2.46. The molecule has 0 spiro atoms. The number of hydrogen-bond donors (Lipinski definition) is 1. The number of nitrogens with one attached hydrogen (secondary N) is 1. The lowest BCUT2D eigenvalue weighted by molar-refractivity contribution is -0.124. The Morgan fingerprint density at radius 1 is 0.952 bits per heavy atom. The van der Waals surface area contributed by atoms with Gasteiger partial charge in [-0.05, 0) is 30.5 Å². The second-order valence-corrected chi connectivity index (χ2v) is 5.35. The number of anilines is 1. The predicted molar refractivity (Wildman–Crippen MR) is 77.0 cm³/mol. The van der Waals surface area contributed by atoms with Crippen molar-refractivity contribution in [3.8, 4) is 0 Å². The van der Waals surface area contributed by atoms with Crippen LogP contribution in [0.2, 0.25) is 0 Å². The number of rotatable bonds is 3. The number of carbonyl (C=O) groups is 1. The molecule has 21 heavy (non-hydrogen) atoms. The molecule has 0 heterocycles. The van der Waals surface area contributed by atoms with Crippen LogP contribution in [0.5, 0.6) is 0 Å². The summed E-state index contributed by atoms with van der Waals surface area (Å²) in [5.41, 5.74) is -0.147. The van der Waals surface area contributed by atoms with Crippen LogP contribution in [0.25, 0.3) is 0 Å². The third-order valence-electron chi connectivity index (χ3n) is 4.17.